The lowest BCUT2D eigenvalue weighted by atomic mass is 10.0. The Labute approximate surface area is 89.9 Å². The first-order valence-corrected chi connectivity index (χ1v) is 5.14. The fourth-order valence-corrected chi connectivity index (χ4v) is 1.64. The first-order chi connectivity index (χ1) is 7.03. The second kappa shape index (κ2) is 3.35. The molecule has 1 aliphatic carbocycles. The summed E-state index contributed by atoms with van der Waals surface area (Å²) in [5.74, 6) is 0.0288. The van der Waals surface area contributed by atoms with Crippen molar-refractivity contribution in [2.24, 2.45) is 5.73 Å². The Kier molecular flexibility index (Phi) is 2.27. The van der Waals surface area contributed by atoms with Gasteiger partial charge in [0.25, 0.3) is 5.91 Å². The van der Waals surface area contributed by atoms with Gasteiger partial charge in [0.15, 0.2) is 0 Å². The molecule has 0 radical (unpaired) electrons. The highest BCUT2D eigenvalue weighted by atomic mass is 16.2. The number of benzene rings is 1. The lowest BCUT2D eigenvalue weighted by Gasteiger charge is -2.13. The number of amides is 1. The highest BCUT2D eigenvalue weighted by Gasteiger charge is 2.40. The molecule has 0 heterocycles. The summed E-state index contributed by atoms with van der Waals surface area (Å²) in [6.07, 6.45) is 2.04. The third-order valence-electron chi connectivity index (χ3n) is 2.88. The SMILES string of the molecule is CN(C)C(=O)c1cccc(C2(N)CC2)c1. The lowest BCUT2D eigenvalue weighted by Crippen LogP contribution is -2.23. The maximum absolute atomic E-state index is 11.7. The van der Waals surface area contributed by atoms with Gasteiger partial charge in [0.1, 0.15) is 0 Å². The standard InChI is InChI=1S/C12H16N2O/c1-14(2)11(15)9-4-3-5-10(8-9)12(13)6-7-12/h3-5,8H,6-7,13H2,1-2H3. The smallest absolute Gasteiger partial charge is 0.253 e. The van der Waals surface area contributed by atoms with E-state index in [-0.39, 0.29) is 11.4 Å². The van der Waals surface area contributed by atoms with E-state index in [1.807, 2.05) is 24.3 Å². The first-order valence-electron chi connectivity index (χ1n) is 5.14. The number of carbonyl (C=O) groups excluding carboxylic acids is 1. The molecule has 0 atom stereocenters. The molecule has 0 aromatic heterocycles. The van der Waals surface area contributed by atoms with Gasteiger partial charge in [0, 0.05) is 25.2 Å². The van der Waals surface area contributed by atoms with Crippen LogP contribution in [0.25, 0.3) is 0 Å². The van der Waals surface area contributed by atoms with Crippen molar-refractivity contribution >= 4 is 5.91 Å². The summed E-state index contributed by atoms with van der Waals surface area (Å²) < 4.78 is 0. The van der Waals surface area contributed by atoms with E-state index in [2.05, 4.69) is 0 Å². The highest BCUT2D eigenvalue weighted by Crippen LogP contribution is 2.42. The van der Waals surface area contributed by atoms with Crippen molar-refractivity contribution in [3.63, 3.8) is 0 Å². The van der Waals surface area contributed by atoms with E-state index in [4.69, 9.17) is 5.73 Å². The molecular weight excluding hydrogens is 188 g/mol. The second-order valence-electron chi connectivity index (χ2n) is 4.44. The van der Waals surface area contributed by atoms with Gasteiger partial charge in [-0.15, -0.1) is 0 Å². The van der Waals surface area contributed by atoms with Crippen molar-refractivity contribution in [1.82, 2.24) is 4.90 Å². The van der Waals surface area contributed by atoms with E-state index >= 15 is 0 Å². The maximum Gasteiger partial charge on any atom is 0.253 e. The van der Waals surface area contributed by atoms with E-state index in [1.54, 1.807) is 19.0 Å². The summed E-state index contributed by atoms with van der Waals surface area (Å²) in [5, 5.41) is 0. The van der Waals surface area contributed by atoms with Crippen LogP contribution >= 0.6 is 0 Å². The van der Waals surface area contributed by atoms with Crippen molar-refractivity contribution in [2.45, 2.75) is 18.4 Å². The summed E-state index contributed by atoms with van der Waals surface area (Å²) >= 11 is 0. The van der Waals surface area contributed by atoms with E-state index in [0.29, 0.717) is 5.56 Å². The van der Waals surface area contributed by atoms with Gasteiger partial charge in [0.2, 0.25) is 0 Å². The monoisotopic (exact) mass is 204 g/mol. The average molecular weight is 204 g/mol. The predicted octanol–water partition coefficient (Wildman–Crippen LogP) is 1.34. The molecule has 80 valence electrons. The Hall–Kier alpha value is -1.35. The van der Waals surface area contributed by atoms with Crippen molar-refractivity contribution in [3.05, 3.63) is 35.4 Å². The molecule has 3 nitrogen and oxygen atoms in total. The van der Waals surface area contributed by atoms with Crippen LogP contribution in [-0.2, 0) is 5.54 Å². The molecule has 1 fully saturated rings. The van der Waals surface area contributed by atoms with Gasteiger partial charge >= 0.3 is 0 Å². The van der Waals surface area contributed by atoms with Crippen LogP contribution in [0.1, 0.15) is 28.8 Å². The molecule has 3 heteroatoms. The van der Waals surface area contributed by atoms with Gasteiger partial charge < -0.3 is 10.6 Å². The zero-order valence-electron chi connectivity index (χ0n) is 9.16. The quantitative estimate of drug-likeness (QED) is 0.790. The molecule has 1 aromatic carbocycles. The van der Waals surface area contributed by atoms with E-state index in [0.717, 1.165) is 18.4 Å². The Morgan fingerprint density at radius 3 is 2.60 bits per heavy atom. The largest absolute Gasteiger partial charge is 0.345 e. The molecule has 0 unspecified atom stereocenters. The van der Waals surface area contributed by atoms with Gasteiger partial charge in [0.05, 0.1) is 0 Å². The van der Waals surface area contributed by atoms with Crippen molar-refractivity contribution < 1.29 is 4.79 Å². The highest BCUT2D eigenvalue weighted by molar-refractivity contribution is 5.94. The molecule has 15 heavy (non-hydrogen) atoms. The maximum atomic E-state index is 11.7. The Balaban J connectivity index is 2.31. The van der Waals surface area contributed by atoms with E-state index in [9.17, 15) is 4.79 Å². The summed E-state index contributed by atoms with van der Waals surface area (Å²) in [6.45, 7) is 0. The second-order valence-corrected chi connectivity index (χ2v) is 4.44. The number of nitrogens with zero attached hydrogens (tertiary/aromatic N) is 1. The van der Waals surface area contributed by atoms with Crippen LogP contribution in [0.15, 0.2) is 24.3 Å². The minimum absolute atomic E-state index is 0.0288. The van der Waals surface area contributed by atoms with Gasteiger partial charge in [-0.3, -0.25) is 4.79 Å². The number of nitrogens with two attached hydrogens (primary N) is 1. The zero-order valence-corrected chi connectivity index (χ0v) is 9.16. The summed E-state index contributed by atoms with van der Waals surface area (Å²) in [7, 11) is 3.51. The Morgan fingerprint density at radius 2 is 2.07 bits per heavy atom. The molecule has 1 aromatic rings. The molecule has 0 saturated heterocycles. The third-order valence-corrected chi connectivity index (χ3v) is 2.88. The molecule has 0 spiro atoms. The molecule has 0 bridgehead atoms. The van der Waals surface area contributed by atoms with Gasteiger partial charge in [-0.2, -0.15) is 0 Å². The summed E-state index contributed by atoms with van der Waals surface area (Å²) in [4.78, 5) is 13.3. The summed E-state index contributed by atoms with van der Waals surface area (Å²) in [5.41, 5.74) is 7.72. The number of hydrogen-bond acceptors (Lipinski definition) is 2. The van der Waals surface area contributed by atoms with Gasteiger partial charge in [-0.05, 0) is 30.5 Å². The molecular formula is C12H16N2O. The normalized spacial score (nSPS) is 17.3. The number of hydrogen-bond donors (Lipinski definition) is 1. The molecule has 1 amide bonds. The molecule has 2 N–H and O–H groups in total. The van der Waals surface area contributed by atoms with Crippen LogP contribution in [0, 0.1) is 0 Å². The Bertz CT molecular complexity index is 394. The first kappa shape index (κ1) is 10.2. The van der Waals surface area contributed by atoms with Crippen LogP contribution in [0.4, 0.5) is 0 Å². The van der Waals surface area contributed by atoms with E-state index < -0.39 is 0 Å². The fourth-order valence-electron chi connectivity index (χ4n) is 1.64. The van der Waals surface area contributed by atoms with Crippen LogP contribution in [0.5, 0.6) is 0 Å². The molecule has 2 rings (SSSR count). The topological polar surface area (TPSA) is 46.3 Å². The van der Waals surface area contributed by atoms with E-state index in [1.165, 1.54) is 0 Å². The fraction of sp³-hybridized carbons (Fsp3) is 0.417. The molecule has 0 aliphatic heterocycles. The molecule has 1 aliphatic rings. The van der Waals surface area contributed by atoms with Crippen LogP contribution in [0.3, 0.4) is 0 Å². The van der Waals surface area contributed by atoms with Crippen LogP contribution in [0.2, 0.25) is 0 Å². The third kappa shape index (κ3) is 1.88. The minimum Gasteiger partial charge on any atom is -0.345 e. The van der Waals surface area contributed by atoms with Crippen molar-refractivity contribution in [1.29, 1.82) is 0 Å². The van der Waals surface area contributed by atoms with Crippen LogP contribution in [-0.4, -0.2) is 24.9 Å². The number of carbonyl (C=O) groups is 1. The lowest BCUT2D eigenvalue weighted by molar-refractivity contribution is 0.0827. The average Bonchev–Trinajstić information content (AvgIpc) is 2.97. The van der Waals surface area contributed by atoms with Gasteiger partial charge in [-0.1, -0.05) is 12.1 Å². The Morgan fingerprint density at radius 1 is 1.40 bits per heavy atom. The summed E-state index contributed by atoms with van der Waals surface area (Å²) in [6, 6.07) is 7.64. The van der Waals surface area contributed by atoms with Crippen molar-refractivity contribution in [2.75, 3.05) is 14.1 Å². The van der Waals surface area contributed by atoms with Crippen molar-refractivity contribution in [3.8, 4) is 0 Å². The minimum atomic E-state index is -0.164. The zero-order chi connectivity index (χ0) is 11.1. The number of rotatable bonds is 2. The van der Waals surface area contributed by atoms with Gasteiger partial charge in [-0.25, -0.2) is 0 Å². The van der Waals surface area contributed by atoms with Crippen LogP contribution < -0.4 is 5.73 Å². The predicted molar refractivity (Wildman–Crippen MR) is 59.6 cm³/mol. The molecule has 1 saturated carbocycles.